The number of nitrogens with two attached hydrogens (primary N) is 1. The second kappa shape index (κ2) is 9.92. The molecule has 1 atom stereocenters. The van der Waals surface area contributed by atoms with Crippen LogP contribution in [0.1, 0.15) is 38.2 Å². The summed E-state index contributed by atoms with van der Waals surface area (Å²) in [6.07, 6.45) is 5.98. The van der Waals surface area contributed by atoms with E-state index in [9.17, 15) is 9.59 Å². The molecule has 140 valence electrons. The molecule has 2 rings (SSSR count). The summed E-state index contributed by atoms with van der Waals surface area (Å²) in [5.74, 6) is -0.773. The van der Waals surface area contributed by atoms with E-state index in [0.717, 1.165) is 23.2 Å². The van der Waals surface area contributed by atoms with E-state index in [4.69, 9.17) is 15.2 Å². The highest BCUT2D eigenvalue weighted by atomic mass is 16.5. The van der Waals surface area contributed by atoms with Crippen molar-refractivity contribution in [1.82, 2.24) is 0 Å². The van der Waals surface area contributed by atoms with E-state index in [1.807, 2.05) is 36.4 Å². The fraction of sp³-hybridized carbons (Fsp3) is 0.429. The number of ketones is 1. The van der Waals surface area contributed by atoms with Gasteiger partial charge in [0.1, 0.15) is 0 Å². The lowest BCUT2D eigenvalue weighted by Gasteiger charge is -2.18. The van der Waals surface area contributed by atoms with Crippen LogP contribution < -0.4 is 5.73 Å². The van der Waals surface area contributed by atoms with Crippen LogP contribution in [-0.2, 0) is 19.1 Å². The lowest BCUT2D eigenvalue weighted by Crippen LogP contribution is -2.23. The Morgan fingerprint density at radius 3 is 2.46 bits per heavy atom. The third kappa shape index (κ3) is 5.56. The van der Waals surface area contributed by atoms with Crippen molar-refractivity contribution in [3.05, 3.63) is 47.6 Å². The Labute approximate surface area is 154 Å². The molecule has 5 heteroatoms. The van der Waals surface area contributed by atoms with Crippen molar-refractivity contribution in [2.24, 2.45) is 5.92 Å². The molecule has 2 N–H and O–H groups in total. The Bertz CT molecular complexity index is 688. The number of rotatable bonds is 9. The maximum Gasteiger partial charge on any atom is 0.309 e. The number of hydrogen-bond acceptors (Lipinski definition) is 5. The minimum absolute atomic E-state index is 0.00626. The summed E-state index contributed by atoms with van der Waals surface area (Å²) in [6, 6.07) is 7.73. The zero-order chi connectivity index (χ0) is 18.9. The van der Waals surface area contributed by atoms with Crippen LogP contribution in [0.2, 0.25) is 0 Å². The Morgan fingerprint density at radius 2 is 1.88 bits per heavy atom. The predicted octanol–water partition coefficient (Wildman–Crippen LogP) is 3.55. The molecule has 5 nitrogen and oxygen atoms in total. The van der Waals surface area contributed by atoms with Gasteiger partial charge in [0.2, 0.25) is 0 Å². The second-order valence-electron chi connectivity index (χ2n) is 6.36. The SMILES string of the molecule is CCOC(=O)C(CCOC)CC(=O)C1=CC=C(c2ccc(N)cc2)CC1. The van der Waals surface area contributed by atoms with Gasteiger partial charge in [-0.3, -0.25) is 9.59 Å². The number of hydrogen-bond donors (Lipinski definition) is 1. The number of esters is 1. The van der Waals surface area contributed by atoms with Gasteiger partial charge in [0.05, 0.1) is 12.5 Å². The van der Waals surface area contributed by atoms with Crippen LogP contribution >= 0.6 is 0 Å². The average Bonchev–Trinajstić information content (AvgIpc) is 2.66. The number of carbonyl (C=O) groups is 2. The van der Waals surface area contributed by atoms with E-state index in [1.54, 1.807) is 14.0 Å². The quantitative estimate of drug-likeness (QED) is 0.540. The highest BCUT2D eigenvalue weighted by Crippen LogP contribution is 2.29. The zero-order valence-corrected chi connectivity index (χ0v) is 15.5. The molecular weight excluding hydrogens is 330 g/mol. The molecule has 1 aliphatic rings. The topological polar surface area (TPSA) is 78.6 Å². The van der Waals surface area contributed by atoms with Crippen molar-refractivity contribution in [1.29, 1.82) is 0 Å². The number of benzene rings is 1. The molecular formula is C21H27NO4. The first-order valence-electron chi connectivity index (χ1n) is 8.99. The Balaban J connectivity index is 2.04. The molecule has 0 amide bonds. The maximum absolute atomic E-state index is 12.6. The summed E-state index contributed by atoms with van der Waals surface area (Å²) in [5.41, 5.74) is 9.52. The highest BCUT2D eigenvalue weighted by molar-refractivity contribution is 5.98. The van der Waals surface area contributed by atoms with Gasteiger partial charge in [0, 0.05) is 25.8 Å². The summed E-state index contributed by atoms with van der Waals surface area (Å²) in [5, 5.41) is 0. The van der Waals surface area contributed by atoms with E-state index in [1.165, 1.54) is 5.57 Å². The summed E-state index contributed by atoms with van der Waals surface area (Å²) in [4.78, 5) is 24.7. The van der Waals surface area contributed by atoms with Gasteiger partial charge < -0.3 is 15.2 Å². The van der Waals surface area contributed by atoms with E-state index in [-0.39, 0.29) is 18.2 Å². The van der Waals surface area contributed by atoms with Gasteiger partial charge in [0.15, 0.2) is 5.78 Å². The molecule has 1 aromatic rings. The van der Waals surface area contributed by atoms with Gasteiger partial charge in [-0.2, -0.15) is 0 Å². The van der Waals surface area contributed by atoms with Gasteiger partial charge in [-0.25, -0.2) is 0 Å². The molecule has 0 bridgehead atoms. The monoisotopic (exact) mass is 357 g/mol. The zero-order valence-electron chi connectivity index (χ0n) is 15.5. The smallest absolute Gasteiger partial charge is 0.309 e. The molecule has 0 heterocycles. The lowest BCUT2D eigenvalue weighted by molar-refractivity contribution is -0.150. The maximum atomic E-state index is 12.6. The molecule has 1 unspecified atom stereocenters. The molecule has 0 fully saturated rings. The molecule has 1 aromatic carbocycles. The molecule has 1 aliphatic carbocycles. The molecule has 0 saturated heterocycles. The summed E-state index contributed by atoms with van der Waals surface area (Å²) < 4.78 is 10.1. The van der Waals surface area contributed by atoms with Crippen molar-refractivity contribution in [2.75, 3.05) is 26.1 Å². The molecule has 0 aliphatic heterocycles. The van der Waals surface area contributed by atoms with Crippen molar-refractivity contribution >= 4 is 23.0 Å². The van der Waals surface area contributed by atoms with E-state index < -0.39 is 5.92 Å². The first-order valence-corrected chi connectivity index (χ1v) is 8.99. The normalized spacial score (nSPS) is 15.0. The third-order valence-electron chi connectivity index (χ3n) is 4.51. The number of allylic oxidation sites excluding steroid dienone is 4. The number of Topliss-reactive ketones (excluding diaryl/α,β-unsaturated/α-hetero) is 1. The third-order valence-corrected chi connectivity index (χ3v) is 4.51. The second-order valence-corrected chi connectivity index (χ2v) is 6.36. The first-order chi connectivity index (χ1) is 12.5. The number of anilines is 1. The number of ether oxygens (including phenoxy) is 2. The predicted molar refractivity (Wildman–Crippen MR) is 102 cm³/mol. The van der Waals surface area contributed by atoms with Crippen molar-refractivity contribution in [3.8, 4) is 0 Å². The highest BCUT2D eigenvalue weighted by Gasteiger charge is 2.25. The standard InChI is InChI=1S/C21H27NO4/c1-3-26-21(24)18(12-13-25-2)14-20(23)17-6-4-15(5-7-17)16-8-10-19(22)11-9-16/h4,6,8-11,18H,3,5,7,12-14,22H2,1-2H3. The number of carbonyl (C=O) groups excluding carboxylic acids is 2. The molecule has 0 radical (unpaired) electrons. The fourth-order valence-electron chi connectivity index (χ4n) is 2.99. The Kier molecular flexibility index (Phi) is 7.60. The summed E-state index contributed by atoms with van der Waals surface area (Å²) in [7, 11) is 1.58. The summed E-state index contributed by atoms with van der Waals surface area (Å²) >= 11 is 0. The molecule has 0 aromatic heterocycles. The van der Waals surface area contributed by atoms with Gasteiger partial charge in [-0.1, -0.05) is 24.3 Å². The first kappa shape index (κ1) is 19.9. The number of nitrogen functional groups attached to an aromatic ring is 1. The van der Waals surface area contributed by atoms with Crippen LogP contribution in [0.3, 0.4) is 0 Å². The number of methoxy groups -OCH3 is 1. The minimum Gasteiger partial charge on any atom is -0.466 e. The van der Waals surface area contributed by atoms with E-state index in [2.05, 4.69) is 0 Å². The van der Waals surface area contributed by atoms with E-state index in [0.29, 0.717) is 26.1 Å². The van der Waals surface area contributed by atoms with Crippen LogP contribution in [0.4, 0.5) is 5.69 Å². The van der Waals surface area contributed by atoms with Gasteiger partial charge in [0.25, 0.3) is 0 Å². The Morgan fingerprint density at radius 1 is 1.15 bits per heavy atom. The van der Waals surface area contributed by atoms with Crippen LogP contribution in [-0.4, -0.2) is 32.1 Å². The summed E-state index contributed by atoms with van der Waals surface area (Å²) in [6.45, 7) is 2.50. The van der Waals surface area contributed by atoms with Crippen molar-refractivity contribution in [2.45, 2.75) is 32.6 Å². The molecule has 0 saturated carbocycles. The van der Waals surface area contributed by atoms with E-state index >= 15 is 0 Å². The van der Waals surface area contributed by atoms with Crippen LogP contribution in [0, 0.1) is 5.92 Å². The van der Waals surface area contributed by atoms with Crippen LogP contribution in [0.25, 0.3) is 5.57 Å². The molecule has 0 spiro atoms. The minimum atomic E-state index is -0.453. The van der Waals surface area contributed by atoms with Gasteiger partial charge in [-0.15, -0.1) is 0 Å². The van der Waals surface area contributed by atoms with Gasteiger partial charge in [-0.05, 0) is 55.0 Å². The lowest BCUT2D eigenvalue weighted by atomic mass is 9.88. The largest absolute Gasteiger partial charge is 0.466 e. The van der Waals surface area contributed by atoms with Crippen molar-refractivity contribution in [3.63, 3.8) is 0 Å². The Hall–Kier alpha value is -2.40. The average molecular weight is 357 g/mol. The van der Waals surface area contributed by atoms with Gasteiger partial charge >= 0.3 is 5.97 Å². The fourth-order valence-corrected chi connectivity index (χ4v) is 2.99. The van der Waals surface area contributed by atoms with Crippen molar-refractivity contribution < 1.29 is 19.1 Å². The van der Waals surface area contributed by atoms with Crippen LogP contribution in [0.15, 0.2) is 42.0 Å². The molecule has 26 heavy (non-hydrogen) atoms. The van der Waals surface area contributed by atoms with Crippen LogP contribution in [0.5, 0.6) is 0 Å².